The number of para-hydroxylation sites is 1. The summed E-state index contributed by atoms with van der Waals surface area (Å²) in [6.45, 7) is 1.09. The summed E-state index contributed by atoms with van der Waals surface area (Å²) in [5.41, 5.74) is 4.23. The Bertz CT molecular complexity index is 1030. The smallest absolute Gasteiger partial charge is 0.119 e. The molecule has 4 aromatic rings. The third-order valence-electron chi connectivity index (χ3n) is 4.74. The van der Waals surface area contributed by atoms with E-state index in [0.717, 1.165) is 18.7 Å². The second-order valence-electron chi connectivity index (χ2n) is 5.77. The van der Waals surface area contributed by atoms with Gasteiger partial charge in [-0.15, -0.1) is 0 Å². The first-order chi connectivity index (χ1) is 10.4. The van der Waals surface area contributed by atoms with Gasteiger partial charge in [-0.3, -0.25) is 0 Å². The molecule has 0 radical (unpaired) electrons. The number of rotatable bonds is 1. The normalized spacial score (nSPS) is 13.6. The number of hydrogen-bond donors (Lipinski definition) is 0. The van der Waals surface area contributed by atoms with Crippen molar-refractivity contribution in [3.63, 3.8) is 0 Å². The van der Waals surface area contributed by atoms with Gasteiger partial charge in [0.05, 0.1) is 12.6 Å². The Morgan fingerprint density at radius 1 is 1.00 bits per heavy atom. The summed E-state index contributed by atoms with van der Waals surface area (Å²) < 4.78 is 7.90. The fourth-order valence-corrected chi connectivity index (χ4v) is 3.83. The molecule has 0 amide bonds. The van der Waals surface area contributed by atoms with Crippen molar-refractivity contribution in [2.45, 2.75) is 13.0 Å². The van der Waals surface area contributed by atoms with Crippen molar-refractivity contribution in [1.82, 2.24) is 4.57 Å². The van der Waals surface area contributed by atoms with Crippen molar-refractivity contribution in [3.8, 4) is 5.75 Å². The zero-order valence-corrected chi connectivity index (χ0v) is 11.9. The Hall–Kier alpha value is -2.48. The fourth-order valence-electron chi connectivity index (χ4n) is 3.83. The van der Waals surface area contributed by atoms with Gasteiger partial charge in [0.15, 0.2) is 0 Å². The van der Waals surface area contributed by atoms with Gasteiger partial charge in [0.25, 0.3) is 0 Å². The first-order valence-electron chi connectivity index (χ1n) is 7.37. The highest BCUT2D eigenvalue weighted by atomic mass is 16.5. The molecule has 3 aromatic carbocycles. The molecule has 102 valence electrons. The van der Waals surface area contributed by atoms with E-state index in [0.29, 0.717) is 0 Å². The summed E-state index contributed by atoms with van der Waals surface area (Å²) in [5, 5.41) is 5.34. The van der Waals surface area contributed by atoms with E-state index in [2.05, 4.69) is 53.1 Å². The average Bonchev–Trinajstić information content (AvgIpc) is 3.09. The monoisotopic (exact) mass is 273 g/mol. The Balaban J connectivity index is 2.12. The first-order valence-corrected chi connectivity index (χ1v) is 7.37. The quantitative estimate of drug-likeness (QED) is 0.497. The van der Waals surface area contributed by atoms with Gasteiger partial charge in [-0.05, 0) is 47.0 Å². The molecule has 21 heavy (non-hydrogen) atoms. The molecule has 2 heterocycles. The van der Waals surface area contributed by atoms with Gasteiger partial charge in [-0.2, -0.15) is 0 Å². The number of hydrogen-bond acceptors (Lipinski definition) is 1. The summed E-state index contributed by atoms with van der Waals surface area (Å²) in [7, 11) is 1.73. The highest BCUT2D eigenvalue weighted by Gasteiger charge is 2.21. The Morgan fingerprint density at radius 2 is 1.90 bits per heavy atom. The van der Waals surface area contributed by atoms with Gasteiger partial charge >= 0.3 is 0 Å². The minimum Gasteiger partial charge on any atom is -0.497 e. The molecular formula is C19H15NO. The van der Waals surface area contributed by atoms with Crippen LogP contribution in [0.15, 0.2) is 48.5 Å². The van der Waals surface area contributed by atoms with Crippen LogP contribution >= 0.6 is 0 Å². The van der Waals surface area contributed by atoms with Crippen LogP contribution in [0.25, 0.3) is 32.6 Å². The maximum absolute atomic E-state index is 5.43. The van der Waals surface area contributed by atoms with Crippen LogP contribution in [0.2, 0.25) is 0 Å². The van der Waals surface area contributed by atoms with E-state index >= 15 is 0 Å². The molecule has 0 saturated heterocycles. The van der Waals surface area contributed by atoms with E-state index in [1.807, 2.05) is 0 Å². The van der Waals surface area contributed by atoms with Crippen molar-refractivity contribution >= 4 is 32.6 Å². The third kappa shape index (κ3) is 1.32. The Kier molecular flexibility index (Phi) is 2.02. The lowest BCUT2D eigenvalue weighted by Crippen LogP contribution is -1.90. The number of nitrogens with zero attached hydrogens (tertiary/aromatic N) is 1. The van der Waals surface area contributed by atoms with Gasteiger partial charge in [0.2, 0.25) is 0 Å². The molecule has 2 nitrogen and oxygen atoms in total. The molecule has 1 aliphatic heterocycles. The van der Waals surface area contributed by atoms with Crippen molar-refractivity contribution in [3.05, 3.63) is 54.1 Å². The number of fused-ring (bicyclic) bond motifs is 5. The van der Waals surface area contributed by atoms with Crippen LogP contribution in [-0.4, -0.2) is 11.7 Å². The molecule has 0 fully saturated rings. The number of ether oxygens (including phenoxy) is 1. The third-order valence-corrected chi connectivity index (χ3v) is 4.74. The molecule has 0 spiro atoms. The topological polar surface area (TPSA) is 14.2 Å². The number of aryl methyl sites for hydroxylation is 2. The molecule has 1 aliphatic rings. The van der Waals surface area contributed by atoms with E-state index in [1.165, 1.54) is 38.1 Å². The fraction of sp³-hybridized carbons (Fsp3) is 0.158. The molecule has 0 saturated carbocycles. The molecule has 5 rings (SSSR count). The van der Waals surface area contributed by atoms with Gasteiger partial charge in [0.1, 0.15) is 5.75 Å². The predicted molar refractivity (Wildman–Crippen MR) is 87.2 cm³/mol. The van der Waals surface area contributed by atoms with Crippen LogP contribution in [0, 0.1) is 0 Å². The van der Waals surface area contributed by atoms with Crippen LogP contribution < -0.4 is 4.74 Å². The van der Waals surface area contributed by atoms with Gasteiger partial charge < -0.3 is 9.30 Å². The number of methoxy groups -OCH3 is 1. The van der Waals surface area contributed by atoms with E-state index in [4.69, 9.17) is 4.74 Å². The molecule has 0 unspecified atom stereocenters. The zero-order valence-electron chi connectivity index (χ0n) is 11.9. The van der Waals surface area contributed by atoms with E-state index in [1.54, 1.807) is 7.11 Å². The Labute approximate surface area is 122 Å². The number of aromatic nitrogens is 1. The lowest BCUT2D eigenvalue weighted by molar-refractivity contribution is 0.415. The van der Waals surface area contributed by atoms with Crippen molar-refractivity contribution in [1.29, 1.82) is 0 Å². The summed E-state index contributed by atoms with van der Waals surface area (Å²) in [5.74, 6) is 0.924. The molecule has 2 heteroatoms. The highest BCUT2D eigenvalue weighted by molar-refractivity contribution is 6.22. The summed E-state index contributed by atoms with van der Waals surface area (Å²) in [6, 6.07) is 17.5. The van der Waals surface area contributed by atoms with E-state index in [-0.39, 0.29) is 0 Å². The molecule has 0 atom stereocenters. The maximum Gasteiger partial charge on any atom is 0.119 e. The maximum atomic E-state index is 5.43. The molecule has 0 aliphatic carbocycles. The van der Waals surface area contributed by atoms with Gasteiger partial charge in [-0.25, -0.2) is 0 Å². The minimum absolute atomic E-state index is 0.924. The Morgan fingerprint density at radius 3 is 2.81 bits per heavy atom. The highest BCUT2D eigenvalue weighted by Crippen LogP contribution is 2.41. The summed E-state index contributed by atoms with van der Waals surface area (Å²) >= 11 is 0. The van der Waals surface area contributed by atoms with Crippen LogP contribution in [0.1, 0.15) is 5.56 Å². The van der Waals surface area contributed by atoms with Gasteiger partial charge in [0, 0.05) is 22.8 Å². The second-order valence-corrected chi connectivity index (χ2v) is 5.77. The minimum atomic E-state index is 0.924. The summed E-state index contributed by atoms with van der Waals surface area (Å²) in [6.07, 6.45) is 1.14. The standard InChI is InChI=1S/C19H15NO/c1-21-14-7-6-12-10-13-8-9-20-17-5-3-2-4-15(17)18(19(13)20)16(12)11-14/h2-7,10-11H,8-9H2,1H3. The molecular weight excluding hydrogens is 258 g/mol. The first kappa shape index (κ1) is 11.2. The van der Waals surface area contributed by atoms with Crippen molar-refractivity contribution in [2.75, 3.05) is 7.11 Å². The van der Waals surface area contributed by atoms with Crippen LogP contribution in [0.5, 0.6) is 5.75 Å². The molecule has 1 aromatic heterocycles. The van der Waals surface area contributed by atoms with Gasteiger partial charge in [-0.1, -0.05) is 24.3 Å². The number of benzene rings is 3. The lowest BCUT2D eigenvalue weighted by atomic mass is 9.99. The van der Waals surface area contributed by atoms with Crippen LogP contribution in [-0.2, 0) is 13.0 Å². The SMILES string of the molecule is COc1ccc2cc3c4c(c2c1)c1ccccc1n4CC3. The largest absolute Gasteiger partial charge is 0.497 e. The second kappa shape index (κ2) is 3.79. The zero-order chi connectivity index (χ0) is 14.0. The average molecular weight is 273 g/mol. The predicted octanol–water partition coefficient (Wildman–Crippen LogP) is 4.51. The van der Waals surface area contributed by atoms with E-state index in [9.17, 15) is 0 Å². The molecule has 0 N–H and O–H groups in total. The van der Waals surface area contributed by atoms with Crippen molar-refractivity contribution in [2.24, 2.45) is 0 Å². The summed E-state index contributed by atoms with van der Waals surface area (Å²) in [4.78, 5) is 0. The van der Waals surface area contributed by atoms with Crippen LogP contribution in [0.3, 0.4) is 0 Å². The van der Waals surface area contributed by atoms with Crippen LogP contribution in [0.4, 0.5) is 0 Å². The van der Waals surface area contributed by atoms with Crippen molar-refractivity contribution < 1.29 is 4.74 Å². The molecule has 0 bridgehead atoms. The lowest BCUT2D eigenvalue weighted by Gasteiger charge is -2.06. The van der Waals surface area contributed by atoms with E-state index < -0.39 is 0 Å².